The highest BCUT2D eigenvalue weighted by Gasteiger charge is 2.42. The highest BCUT2D eigenvalue weighted by atomic mass is 16.2. The van der Waals surface area contributed by atoms with Crippen LogP contribution in [0.5, 0.6) is 0 Å². The van der Waals surface area contributed by atoms with Gasteiger partial charge in [0.25, 0.3) is 11.8 Å². The van der Waals surface area contributed by atoms with Crippen LogP contribution in [0.3, 0.4) is 0 Å². The summed E-state index contributed by atoms with van der Waals surface area (Å²) in [6.45, 7) is 2.62. The number of hydrogen-bond donors (Lipinski definition) is 3. The van der Waals surface area contributed by atoms with Crippen molar-refractivity contribution in [2.45, 2.75) is 82.8 Å². The summed E-state index contributed by atoms with van der Waals surface area (Å²) in [6.07, 6.45) is 11.2. The number of nitrogens with one attached hydrogen (secondary N) is 2. The molecule has 2 bridgehead atoms. The maximum Gasteiger partial charge on any atom is 0.251 e. The number of rotatable bonds is 10. The minimum Gasteiger partial charge on any atom is -0.384 e. The van der Waals surface area contributed by atoms with Gasteiger partial charge in [-0.05, 0) is 87.6 Å². The molecule has 200 valence electrons. The first-order valence-corrected chi connectivity index (χ1v) is 14.1. The third-order valence-electron chi connectivity index (χ3n) is 8.75. The number of anilines is 2. The average Bonchev–Trinajstić information content (AvgIpc) is 3.82. The number of amides is 2. The van der Waals surface area contributed by atoms with Crippen molar-refractivity contribution in [1.82, 2.24) is 10.3 Å². The molecular formula is C30H37N5O3. The normalized spacial score (nSPS) is 24.2. The van der Waals surface area contributed by atoms with E-state index in [4.69, 9.17) is 5.73 Å². The number of pyridine rings is 1. The van der Waals surface area contributed by atoms with E-state index in [9.17, 15) is 14.4 Å². The number of ketones is 1. The Kier molecular flexibility index (Phi) is 6.58. The number of Topliss-reactive ketones (excluding diaryl/α,β-unsaturated/α-hetero) is 1. The summed E-state index contributed by atoms with van der Waals surface area (Å²) < 4.78 is 0. The number of nitrogens with two attached hydrogens (primary N) is 1. The van der Waals surface area contributed by atoms with E-state index in [0.29, 0.717) is 34.5 Å². The van der Waals surface area contributed by atoms with Crippen LogP contribution in [-0.2, 0) is 0 Å². The van der Waals surface area contributed by atoms with Gasteiger partial charge in [0.2, 0.25) is 0 Å². The van der Waals surface area contributed by atoms with Gasteiger partial charge in [0, 0.05) is 53.6 Å². The molecule has 38 heavy (non-hydrogen) atoms. The smallest absolute Gasteiger partial charge is 0.251 e. The SMILES string of the molecule is Cc1cc(C(N)=O)c(NCCC2CC2)cc1C(=O)NC1CC2CCC(C1)N2c1ccc(C(=O)C2CC2)cn1. The molecule has 2 saturated carbocycles. The molecule has 2 aromatic rings. The van der Waals surface area contributed by atoms with Gasteiger partial charge in [0.05, 0.1) is 5.56 Å². The van der Waals surface area contributed by atoms with Gasteiger partial charge in [0.15, 0.2) is 5.78 Å². The number of benzene rings is 1. The van der Waals surface area contributed by atoms with Crippen molar-refractivity contribution in [2.75, 3.05) is 16.8 Å². The van der Waals surface area contributed by atoms with Gasteiger partial charge in [-0.25, -0.2) is 4.98 Å². The van der Waals surface area contributed by atoms with E-state index in [2.05, 4.69) is 20.5 Å². The topological polar surface area (TPSA) is 117 Å². The molecule has 6 rings (SSSR count). The van der Waals surface area contributed by atoms with E-state index < -0.39 is 5.91 Å². The van der Waals surface area contributed by atoms with Crippen LogP contribution in [0.25, 0.3) is 0 Å². The average molecular weight is 516 g/mol. The van der Waals surface area contributed by atoms with Crippen molar-refractivity contribution in [1.29, 1.82) is 0 Å². The lowest BCUT2D eigenvalue weighted by Crippen LogP contribution is -2.50. The van der Waals surface area contributed by atoms with E-state index in [1.54, 1.807) is 18.3 Å². The van der Waals surface area contributed by atoms with Crippen molar-refractivity contribution < 1.29 is 14.4 Å². The fourth-order valence-electron chi connectivity index (χ4n) is 6.32. The molecule has 4 fully saturated rings. The Morgan fingerprint density at radius 3 is 2.34 bits per heavy atom. The molecule has 8 heteroatoms. The second kappa shape index (κ2) is 10.0. The number of hydrogen-bond acceptors (Lipinski definition) is 6. The Hall–Kier alpha value is -3.42. The summed E-state index contributed by atoms with van der Waals surface area (Å²) in [5.74, 6) is 1.51. The van der Waals surface area contributed by atoms with Crippen LogP contribution >= 0.6 is 0 Å². The second-order valence-electron chi connectivity index (χ2n) is 11.7. The van der Waals surface area contributed by atoms with Crippen molar-refractivity contribution in [2.24, 2.45) is 17.6 Å². The van der Waals surface area contributed by atoms with Gasteiger partial charge in [0.1, 0.15) is 5.82 Å². The van der Waals surface area contributed by atoms with Crippen LogP contribution in [0.1, 0.15) is 94.4 Å². The number of carbonyl (C=O) groups is 3. The van der Waals surface area contributed by atoms with Gasteiger partial charge in [-0.1, -0.05) is 12.8 Å². The predicted molar refractivity (Wildman–Crippen MR) is 147 cm³/mol. The first kappa shape index (κ1) is 24.9. The molecule has 2 atom stereocenters. The highest BCUT2D eigenvalue weighted by molar-refractivity contribution is 6.03. The van der Waals surface area contributed by atoms with Gasteiger partial charge in [-0.15, -0.1) is 0 Å². The second-order valence-corrected chi connectivity index (χ2v) is 11.7. The molecule has 3 heterocycles. The zero-order chi connectivity index (χ0) is 26.4. The summed E-state index contributed by atoms with van der Waals surface area (Å²) in [6, 6.07) is 8.13. The van der Waals surface area contributed by atoms with E-state index in [0.717, 1.165) is 68.8 Å². The maximum absolute atomic E-state index is 13.4. The zero-order valence-electron chi connectivity index (χ0n) is 22.0. The predicted octanol–water partition coefficient (Wildman–Crippen LogP) is 4.22. The number of aromatic nitrogens is 1. The van der Waals surface area contributed by atoms with E-state index in [1.807, 2.05) is 19.1 Å². The summed E-state index contributed by atoms with van der Waals surface area (Å²) in [4.78, 5) is 44.9. The first-order valence-electron chi connectivity index (χ1n) is 14.1. The Morgan fingerprint density at radius 1 is 1.00 bits per heavy atom. The van der Waals surface area contributed by atoms with Crippen molar-refractivity contribution >= 4 is 29.1 Å². The number of carbonyl (C=O) groups excluding carboxylic acids is 3. The fraction of sp³-hybridized carbons (Fsp3) is 0.533. The first-order chi connectivity index (χ1) is 18.4. The number of aryl methyl sites for hydroxylation is 1. The molecule has 4 N–H and O–H groups in total. The Labute approximate surface area is 223 Å². The molecule has 1 aromatic heterocycles. The minimum atomic E-state index is -0.489. The maximum atomic E-state index is 13.4. The number of primary amides is 1. The summed E-state index contributed by atoms with van der Waals surface area (Å²) in [7, 11) is 0. The van der Waals surface area contributed by atoms with Crippen LogP contribution in [-0.4, -0.2) is 47.3 Å². The Bertz CT molecular complexity index is 1240. The molecule has 2 aliphatic heterocycles. The molecule has 2 unspecified atom stereocenters. The zero-order valence-corrected chi connectivity index (χ0v) is 22.0. The molecule has 4 aliphatic rings. The Morgan fingerprint density at radius 2 is 1.74 bits per heavy atom. The third-order valence-corrected chi connectivity index (χ3v) is 8.75. The lowest BCUT2D eigenvalue weighted by molar-refractivity contribution is 0.0923. The molecule has 2 aliphatic carbocycles. The quantitative estimate of drug-likeness (QED) is 0.408. The van der Waals surface area contributed by atoms with Gasteiger partial charge in [-0.3, -0.25) is 14.4 Å². The fourth-order valence-corrected chi connectivity index (χ4v) is 6.32. The highest BCUT2D eigenvalue weighted by Crippen LogP contribution is 2.39. The van der Waals surface area contributed by atoms with Crippen molar-refractivity contribution in [3.05, 3.63) is 52.7 Å². The van der Waals surface area contributed by atoms with Gasteiger partial charge < -0.3 is 21.3 Å². The van der Waals surface area contributed by atoms with E-state index in [-0.39, 0.29) is 23.7 Å². The number of fused-ring (bicyclic) bond motifs is 2. The summed E-state index contributed by atoms with van der Waals surface area (Å²) in [5.41, 5.74) is 8.74. The van der Waals surface area contributed by atoms with Crippen LogP contribution < -0.4 is 21.3 Å². The molecule has 0 spiro atoms. The molecule has 2 amide bonds. The van der Waals surface area contributed by atoms with Crippen molar-refractivity contribution in [3.63, 3.8) is 0 Å². The van der Waals surface area contributed by atoms with Gasteiger partial charge in [-0.2, -0.15) is 0 Å². The molecule has 2 saturated heterocycles. The van der Waals surface area contributed by atoms with Gasteiger partial charge >= 0.3 is 0 Å². The molecule has 0 radical (unpaired) electrons. The monoisotopic (exact) mass is 515 g/mol. The van der Waals surface area contributed by atoms with Crippen LogP contribution in [0.4, 0.5) is 11.5 Å². The molecule has 1 aromatic carbocycles. The molecular weight excluding hydrogens is 478 g/mol. The third kappa shape index (κ3) is 5.13. The summed E-state index contributed by atoms with van der Waals surface area (Å²) in [5, 5.41) is 6.62. The minimum absolute atomic E-state index is 0.0773. The van der Waals surface area contributed by atoms with Crippen LogP contribution in [0.2, 0.25) is 0 Å². The Balaban J connectivity index is 1.12. The van der Waals surface area contributed by atoms with E-state index >= 15 is 0 Å². The standard InChI is InChI=1S/C30H37N5O3/c1-17-12-25(29(31)37)26(32-11-10-18-2-3-18)15-24(17)30(38)34-21-13-22-7-8-23(14-21)35(22)27-9-6-20(16-33-27)28(36)19-4-5-19/h6,9,12,15-16,18-19,21-23,32H,2-5,7-8,10-11,13-14H2,1H3,(H2,31,37)(H,34,38). The lowest BCUT2D eigenvalue weighted by atomic mass is 9.95. The summed E-state index contributed by atoms with van der Waals surface area (Å²) >= 11 is 0. The number of nitrogens with zero attached hydrogens (tertiary/aromatic N) is 2. The number of piperidine rings is 1. The largest absolute Gasteiger partial charge is 0.384 e. The van der Waals surface area contributed by atoms with Crippen molar-refractivity contribution in [3.8, 4) is 0 Å². The van der Waals surface area contributed by atoms with Crippen LogP contribution in [0, 0.1) is 18.8 Å². The van der Waals surface area contributed by atoms with E-state index in [1.165, 1.54) is 12.8 Å². The molecule has 8 nitrogen and oxygen atoms in total. The lowest BCUT2D eigenvalue weighted by Gasteiger charge is -2.40. The van der Waals surface area contributed by atoms with Crippen LogP contribution in [0.15, 0.2) is 30.5 Å².